The maximum absolute atomic E-state index is 13.0. The second-order valence-corrected chi connectivity index (χ2v) is 8.09. The van der Waals surface area contributed by atoms with Gasteiger partial charge in [0.2, 0.25) is 0 Å². The molecule has 0 aliphatic carbocycles. The van der Waals surface area contributed by atoms with E-state index in [1.54, 1.807) is 39.8 Å². The SMILES string of the molecule is COC(=O)Nc1ccc(-c2cnc(Cn3ccc(-c4cc(C)ccc4-n4cnnn4)cc3=O)[nH]2)cc1. The smallest absolute Gasteiger partial charge is 0.411 e. The fraction of sp³-hybridized carbons (Fsp3) is 0.120. The minimum atomic E-state index is -0.530. The highest BCUT2D eigenvalue weighted by Crippen LogP contribution is 2.26. The Morgan fingerprint density at radius 3 is 2.64 bits per heavy atom. The highest BCUT2D eigenvalue weighted by molar-refractivity contribution is 5.84. The molecule has 180 valence electrons. The zero-order chi connectivity index (χ0) is 25.1. The number of methoxy groups -OCH3 is 1. The zero-order valence-electron chi connectivity index (χ0n) is 19.5. The van der Waals surface area contributed by atoms with Crippen molar-refractivity contribution in [2.75, 3.05) is 12.4 Å². The molecular formula is C25H22N8O3. The average molecular weight is 483 g/mol. The number of hydrogen-bond acceptors (Lipinski definition) is 7. The third-order valence-electron chi connectivity index (χ3n) is 5.63. The van der Waals surface area contributed by atoms with Crippen molar-refractivity contribution in [2.24, 2.45) is 0 Å². The van der Waals surface area contributed by atoms with E-state index in [1.807, 2.05) is 43.3 Å². The molecule has 11 nitrogen and oxygen atoms in total. The Labute approximate surface area is 205 Å². The van der Waals surface area contributed by atoms with Gasteiger partial charge in [-0.25, -0.2) is 9.78 Å². The van der Waals surface area contributed by atoms with Gasteiger partial charge in [0.05, 0.1) is 31.2 Å². The van der Waals surface area contributed by atoms with Gasteiger partial charge in [0.15, 0.2) is 0 Å². The number of nitrogens with zero attached hydrogens (tertiary/aromatic N) is 6. The number of H-pyrrole nitrogens is 1. The Bertz CT molecular complexity index is 1570. The molecule has 2 aromatic carbocycles. The number of imidazole rings is 1. The number of amides is 1. The predicted octanol–water partition coefficient (Wildman–Crippen LogP) is 3.42. The van der Waals surface area contributed by atoms with Crippen LogP contribution in [0.15, 0.2) is 78.1 Å². The van der Waals surface area contributed by atoms with E-state index in [-0.39, 0.29) is 12.1 Å². The minimum absolute atomic E-state index is 0.159. The summed E-state index contributed by atoms with van der Waals surface area (Å²) in [5, 5.41) is 14.0. The third kappa shape index (κ3) is 4.75. The topological polar surface area (TPSA) is 133 Å². The molecule has 0 bridgehead atoms. The molecule has 36 heavy (non-hydrogen) atoms. The Kier molecular flexibility index (Phi) is 6.10. The lowest BCUT2D eigenvalue weighted by molar-refractivity contribution is 0.187. The van der Waals surface area contributed by atoms with Gasteiger partial charge in [-0.05, 0) is 58.8 Å². The minimum Gasteiger partial charge on any atom is -0.453 e. The Morgan fingerprint density at radius 1 is 1.08 bits per heavy atom. The van der Waals surface area contributed by atoms with E-state index in [0.717, 1.165) is 33.6 Å². The lowest BCUT2D eigenvalue weighted by Gasteiger charge is -2.11. The first kappa shape index (κ1) is 22.7. The summed E-state index contributed by atoms with van der Waals surface area (Å²) in [4.78, 5) is 32.0. The molecule has 0 saturated heterocycles. The number of rotatable bonds is 6. The Balaban J connectivity index is 1.36. The van der Waals surface area contributed by atoms with Crippen LogP contribution in [0.2, 0.25) is 0 Å². The highest BCUT2D eigenvalue weighted by Gasteiger charge is 2.12. The number of aryl methyl sites for hydroxylation is 1. The first-order valence-corrected chi connectivity index (χ1v) is 11.0. The molecule has 0 saturated carbocycles. The van der Waals surface area contributed by atoms with E-state index in [9.17, 15) is 9.59 Å². The van der Waals surface area contributed by atoms with Crippen LogP contribution in [0.25, 0.3) is 28.1 Å². The molecule has 0 aliphatic heterocycles. The van der Waals surface area contributed by atoms with E-state index in [2.05, 4.69) is 35.5 Å². The number of carbonyl (C=O) groups is 1. The van der Waals surface area contributed by atoms with Crippen LogP contribution in [0.3, 0.4) is 0 Å². The van der Waals surface area contributed by atoms with Gasteiger partial charge < -0.3 is 14.3 Å². The molecule has 0 aliphatic rings. The van der Waals surface area contributed by atoms with Crippen LogP contribution >= 0.6 is 0 Å². The number of anilines is 1. The Hall–Kier alpha value is -5.06. The zero-order valence-corrected chi connectivity index (χ0v) is 19.5. The molecule has 3 aromatic heterocycles. The van der Waals surface area contributed by atoms with Crippen molar-refractivity contribution < 1.29 is 9.53 Å². The lowest BCUT2D eigenvalue weighted by atomic mass is 10.0. The van der Waals surface area contributed by atoms with Crippen molar-refractivity contribution >= 4 is 11.8 Å². The standard InChI is InChI=1S/C25H22N8O3/c1-16-3-8-22(33-15-27-30-31-33)20(11-16)18-9-10-32(24(34)12-18)14-23-26-13-21(29-23)17-4-6-19(7-5-17)28-25(35)36-2/h3-13,15H,14H2,1-2H3,(H,26,29)(H,28,35). The van der Waals surface area contributed by atoms with Gasteiger partial charge in [0.1, 0.15) is 12.2 Å². The fourth-order valence-electron chi connectivity index (χ4n) is 3.81. The first-order chi connectivity index (χ1) is 17.5. The predicted molar refractivity (Wildman–Crippen MR) is 133 cm³/mol. The molecule has 3 heterocycles. The maximum Gasteiger partial charge on any atom is 0.411 e. The van der Waals surface area contributed by atoms with E-state index in [4.69, 9.17) is 0 Å². The van der Waals surface area contributed by atoms with Crippen LogP contribution in [-0.2, 0) is 11.3 Å². The van der Waals surface area contributed by atoms with Crippen molar-refractivity contribution in [3.8, 4) is 28.1 Å². The quantitative estimate of drug-likeness (QED) is 0.379. The summed E-state index contributed by atoms with van der Waals surface area (Å²) in [5.74, 6) is 0.640. The van der Waals surface area contributed by atoms with Crippen molar-refractivity contribution in [1.82, 2.24) is 34.7 Å². The number of nitrogens with one attached hydrogen (secondary N) is 2. The van der Waals surface area contributed by atoms with E-state index >= 15 is 0 Å². The van der Waals surface area contributed by atoms with Crippen LogP contribution in [0.4, 0.5) is 10.5 Å². The van der Waals surface area contributed by atoms with Crippen LogP contribution in [0.1, 0.15) is 11.4 Å². The molecule has 1 amide bonds. The molecule has 11 heteroatoms. The van der Waals surface area contributed by atoms with E-state index in [1.165, 1.54) is 13.4 Å². The van der Waals surface area contributed by atoms with Crippen molar-refractivity contribution in [1.29, 1.82) is 0 Å². The molecule has 0 spiro atoms. The van der Waals surface area contributed by atoms with Crippen LogP contribution in [-0.4, -0.2) is 47.9 Å². The number of pyridine rings is 1. The van der Waals surface area contributed by atoms with E-state index in [0.29, 0.717) is 11.5 Å². The number of ether oxygens (including phenoxy) is 1. The molecule has 0 fully saturated rings. The summed E-state index contributed by atoms with van der Waals surface area (Å²) in [6.45, 7) is 2.28. The van der Waals surface area contributed by atoms with Gasteiger partial charge in [-0.3, -0.25) is 10.1 Å². The number of tetrazole rings is 1. The summed E-state index contributed by atoms with van der Waals surface area (Å²) in [6, 6.07) is 16.6. The summed E-state index contributed by atoms with van der Waals surface area (Å²) in [5.41, 5.74) is 5.62. The summed E-state index contributed by atoms with van der Waals surface area (Å²) in [7, 11) is 1.31. The molecule has 0 radical (unpaired) electrons. The number of benzene rings is 2. The Morgan fingerprint density at radius 2 is 1.92 bits per heavy atom. The van der Waals surface area contributed by atoms with E-state index < -0.39 is 6.09 Å². The lowest BCUT2D eigenvalue weighted by Crippen LogP contribution is -2.19. The molecule has 0 unspecified atom stereocenters. The van der Waals surface area contributed by atoms with Gasteiger partial charge in [0, 0.05) is 23.5 Å². The molecule has 5 aromatic rings. The number of carbonyl (C=O) groups excluding carboxylic acids is 1. The van der Waals surface area contributed by atoms with Gasteiger partial charge >= 0.3 is 6.09 Å². The monoisotopic (exact) mass is 482 g/mol. The molecule has 5 rings (SSSR count). The fourth-order valence-corrected chi connectivity index (χ4v) is 3.81. The third-order valence-corrected chi connectivity index (χ3v) is 5.63. The van der Waals surface area contributed by atoms with Gasteiger partial charge in [0.25, 0.3) is 5.56 Å². The van der Waals surface area contributed by atoms with Crippen molar-refractivity contribution in [3.05, 3.63) is 95.1 Å². The van der Waals surface area contributed by atoms with Gasteiger partial charge in [-0.15, -0.1) is 5.10 Å². The van der Waals surface area contributed by atoms with Gasteiger partial charge in [-0.1, -0.05) is 23.8 Å². The van der Waals surface area contributed by atoms with Crippen molar-refractivity contribution in [3.63, 3.8) is 0 Å². The van der Waals surface area contributed by atoms with Gasteiger partial charge in [-0.2, -0.15) is 4.68 Å². The van der Waals surface area contributed by atoms with Crippen LogP contribution in [0.5, 0.6) is 0 Å². The van der Waals surface area contributed by atoms with Crippen LogP contribution in [0, 0.1) is 6.92 Å². The second kappa shape index (κ2) is 9.66. The normalized spacial score (nSPS) is 10.8. The second-order valence-electron chi connectivity index (χ2n) is 8.09. The van der Waals surface area contributed by atoms with Crippen LogP contribution < -0.4 is 10.9 Å². The summed E-state index contributed by atoms with van der Waals surface area (Å²) >= 11 is 0. The largest absolute Gasteiger partial charge is 0.453 e. The number of aromatic nitrogens is 7. The molecular weight excluding hydrogens is 460 g/mol. The molecule has 0 atom stereocenters. The first-order valence-electron chi connectivity index (χ1n) is 11.0. The van der Waals surface area contributed by atoms with Crippen molar-refractivity contribution in [2.45, 2.75) is 13.5 Å². The number of hydrogen-bond donors (Lipinski definition) is 2. The highest BCUT2D eigenvalue weighted by atomic mass is 16.5. The number of aromatic amines is 1. The molecule has 2 N–H and O–H groups in total. The average Bonchev–Trinajstić information content (AvgIpc) is 3.58. The maximum atomic E-state index is 13.0. The summed E-state index contributed by atoms with van der Waals surface area (Å²) < 4.78 is 7.75. The summed E-state index contributed by atoms with van der Waals surface area (Å²) in [6.07, 6.45) is 4.45.